The summed E-state index contributed by atoms with van der Waals surface area (Å²) in [6.07, 6.45) is 4.68. The molecule has 1 heterocycles. The lowest BCUT2D eigenvalue weighted by Crippen LogP contribution is -2.49. The summed E-state index contributed by atoms with van der Waals surface area (Å²) in [6.45, 7) is 7.84. The average Bonchev–Trinajstić information content (AvgIpc) is 2.34. The standard InChI is InChI=1S/C10H17NO/c1-9(2,3)8(12)10(4)6-5-7-11-10/h5,7,11H,6H2,1-4H3. The van der Waals surface area contributed by atoms with E-state index in [0.29, 0.717) is 0 Å². The molecule has 1 rings (SSSR count). The van der Waals surface area contributed by atoms with Crippen LogP contribution in [0.15, 0.2) is 12.3 Å². The summed E-state index contributed by atoms with van der Waals surface area (Å²) in [6, 6.07) is 0. The molecule has 0 fully saturated rings. The summed E-state index contributed by atoms with van der Waals surface area (Å²) >= 11 is 0. The normalized spacial score (nSPS) is 28.7. The number of hydrogen-bond acceptors (Lipinski definition) is 2. The third-order valence-electron chi connectivity index (χ3n) is 2.23. The van der Waals surface area contributed by atoms with E-state index >= 15 is 0 Å². The number of hydrogen-bond donors (Lipinski definition) is 1. The van der Waals surface area contributed by atoms with Gasteiger partial charge >= 0.3 is 0 Å². The molecule has 0 saturated carbocycles. The monoisotopic (exact) mass is 167 g/mol. The van der Waals surface area contributed by atoms with Gasteiger partial charge in [-0.25, -0.2) is 0 Å². The first-order valence-electron chi connectivity index (χ1n) is 4.34. The minimum atomic E-state index is -0.363. The Bertz CT molecular complexity index is 214. The highest BCUT2D eigenvalue weighted by Crippen LogP contribution is 2.27. The number of nitrogens with one attached hydrogen (secondary N) is 1. The van der Waals surface area contributed by atoms with E-state index in [2.05, 4.69) is 5.32 Å². The van der Waals surface area contributed by atoms with E-state index in [-0.39, 0.29) is 16.7 Å². The molecule has 2 nitrogen and oxygen atoms in total. The molecule has 0 aromatic carbocycles. The van der Waals surface area contributed by atoms with Gasteiger partial charge < -0.3 is 5.32 Å². The van der Waals surface area contributed by atoms with Gasteiger partial charge in [0.2, 0.25) is 0 Å². The van der Waals surface area contributed by atoms with Crippen LogP contribution in [-0.2, 0) is 4.79 Å². The van der Waals surface area contributed by atoms with Crippen molar-refractivity contribution in [3.05, 3.63) is 12.3 Å². The number of Topliss-reactive ketones (excluding diaryl/α,β-unsaturated/α-hetero) is 1. The Morgan fingerprint density at radius 2 is 2.08 bits per heavy atom. The van der Waals surface area contributed by atoms with Crippen molar-refractivity contribution in [2.24, 2.45) is 5.41 Å². The Kier molecular flexibility index (Phi) is 2.02. The third-order valence-corrected chi connectivity index (χ3v) is 2.23. The predicted molar refractivity (Wildman–Crippen MR) is 49.8 cm³/mol. The fourth-order valence-corrected chi connectivity index (χ4v) is 1.58. The maximum atomic E-state index is 11.9. The molecular weight excluding hydrogens is 150 g/mol. The van der Waals surface area contributed by atoms with Gasteiger partial charge in [-0.05, 0) is 19.5 Å². The van der Waals surface area contributed by atoms with Crippen LogP contribution in [0.25, 0.3) is 0 Å². The first kappa shape index (κ1) is 9.30. The van der Waals surface area contributed by atoms with E-state index in [0.717, 1.165) is 6.42 Å². The van der Waals surface area contributed by atoms with Crippen LogP contribution in [0.1, 0.15) is 34.1 Å². The van der Waals surface area contributed by atoms with E-state index in [4.69, 9.17) is 0 Å². The van der Waals surface area contributed by atoms with Crippen LogP contribution in [0.3, 0.4) is 0 Å². The minimum Gasteiger partial charge on any atom is -0.379 e. The zero-order valence-electron chi connectivity index (χ0n) is 8.27. The van der Waals surface area contributed by atoms with Gasteiger partial charge in [-0.3, -0.25) is 4.79 Å². The van der Waals surface area contributed by atoms with E-state index in [1.165, 1.54) is 0 Å². The molecule has 12 heavy (non-hydrogen) atoms. The largest absolute Gasteiger partial charge is 0.379 e. The van der Waals surface area contributed by atoms with Gasteiger partial charge in [0.15, 0.2) is 5.78 Å². The molecule has 0 spiro atoms. The molecule has 68 valence electrons. The van der Waals surface area contributed by atoms with Crippen molar-refractivity contribution in [3.8, 4) is 0 Å². The molecule has 0 amide bonds. The SMILES string of the molecule is CC(C)(C)C(=O)C1(C)CC=CN1. The van der Waals surface area contributed by atoms with Crippen LogP contribution in [-0.4, -0.2) is 11.3 Å². The topological polar surface area (TPSA) is 29.1 Å². The van der Waals surface area contributed by atoms with Gasteiger partial charge in [0.25, 0.3) is 0 Å². The van der Waals surface area contributed by atoms with Gasteiger partial charge in [-0.1, -0.05) is 26.8 Å². The second-order valence-electron chi connectivity index (χ2n) is 4.66. The molecule has 0 saturated heterocycles. The Balaban J connectivity index is 2.77. The zero-order chi connectivity index (χ0) is 9.41. The van der Waals surface area contributed by atoms with Crippen LogP contribution >= 0.6 is 0 Å². The highest BCUT2D eigenvalue weighted by molar-refractivity contribution is 5.93. The molecule has 1 unspecified atom stereocenters. The summed E-state index contributed by atoms with van der Waals surface area (Å²) in [5.41, 5.74) is -0.619. The van der Waals surface area contributed by atoms with Crippen LogP contribution in [0.4, 0.5) is 0 Å². The van der Waals surface area contributed by atoms with Gasteiger partial charge in [0, 0.05) is 5.41 Å². The Morgan fingerprint density at radius 3 is 2.42 bits per heavy atom. The maximum Gasteiger partial charge on any atom is 0.163 e. The van der Waals surface area contributed by atoms with E-state index < -0.39 is 0 Å². The lowest BCUT2D eigenvalue weighted by molar-refractivity contribution is -0.131. The van der Waals surface area contributed by atoms with Crippen molar-refractivity contribution in [2.75, 3.05) is 0 Å². The van der Waals surface area contributed by atoms with Crippen molar-refractivity contribution in [1.29, 1.82) is 0 Å². The summed E-state index contributed by atoms with van der Waals surface area (Å²) in [7, 11) is 0. The number of ketones is 1. The Morgan fingerprint density at radius 1 is 1.50 bits per heavy atom. The molecule has 1 atom stereocenters. The summed E-state index contributed by atoms with van der Waals surface area (Å²) in [5.74, 6) is 0.278. The van der Waals surface area contributed by atoms with Crippen LogP contribution in [0.5, 0.6) is 0 Å². The van der Waals surface area contributed by atoms with E-state index in [9.17, 15) is 4.79 Å². The molecule has 1 aliphatic rings. The van der Waals surface area contributed by atoms with Crippen molar-refractivity contribution in [3.63, 3.8) is 0 Å². The van der Waals surface area contributed by atoms with Crippen LogP contribution < -0.4 is 5.32 Å². The van der Waals surface area contributed by atoms with Gasteiger partial charge in [-0.2, -0.15) is 0 Å². The summed E-state index contributed by atoms with van der Waals surface area (Å²) < 4.78 is 0. The Hall–Kier alpha value is -0.790. The fourth-order valence-electron chi connectivity index (χ4n) is 1.58. The third kappa shape index (κ3) is 1.52. The second kappa shape index (κ2) is 2.61. The predicted octanol–water partition coefficient (Wildman–Crippen LogP) is 1.87. The van der Waals surface area contributed by atoms with Gasteiger partial charge in [-0.15, -0.1) is 0 Å². The zero-order valence-corrected chi connectivity index (χ0v) is 8.27. The van der Waals surface area contributed by atoms with Crippen LogP contribution in [0, 0.1) is 5.41 Å². The van der Waals surface area contributed by atoms with Gasteiger partial charge in [0.05, 0.1) is 5.54 Å². The van der Waals surface area contributed by atoms with Crippen molar-refractivity contribution >= 4 is 5.78 Å². The van der Waals surface area contributed by atoms with Crippen LogP contribution in [0.2, 0.25) is 0 Å². The molecule has 0 radical (unpaired) electrons. The lowest BCUT2D eigenvalue weighted by Gasteiger charge is -2.30. The number of carbonyl (C=O) groups excluding carboxylic acids is 1. The first-order valence-corrected chi connectivity index (χ1v) is 4.34. The molecule has 0 aliphatic carbocycles. The Labute approximate surface area is 74.0 Å². The van der Waals surface area contributed by atoms with E-state index in [1.54, 1.807) is 0 Å². The molecule has 1 aliphatic heterocycles. The molecule has 0 bridgehead atoms. The molecule has 0 aromatic heterocycles. The first-order chi connectivity index (χ1) is 5.36. The van der Waals surface area contributed by atoms with Gasteiger partial charge in [0.1, 0.15) is 0 Å². The number of rotatable bonds is 1. The smallest absolute Gasteiger partial charge is 0.163 e. The molecule has 1 N–H and O–H groups in total. The average molecular weight is 167 g/mol. The lowest BCUT2D eigenvalue weighted by atomic mass is 9.78. The minimum absolute atomic E-state index is 0.256. The summed E-state index contributed by atoms with van der Waals surface area (Å²) in [5, 5.41) is 3.11. The van der Waals surface area contributed by atoms with Crippen molar-refractivity contribution < 1.29 is 4.79 Å². The van der Waals surface area contributed by atoms with E-state index in [1.807, 2.05) is 40.0 Å². The molecule has 0 aromatic rings. The maximum absolute atomic E-state index is 11.9. The second-order valence-corrected chi connectivity index (χ2v) is 4.66. The highest BCUT2D eigenvalue weighted by atomic mass is 16.1. The van der Waals surface area contributed by atoms with Crippen molar-refractivity contribution in [1.82, 2.24) is 5.32 Å². The highest BCUT2D eigenvalue weighted by Gasteiger charge is 2.39. The quantitative estimate of drug-likeness (QED) is 0.646. The number of carbonyl (C=O) groups is 1. The molecular formula is C10H17NO. The molecule has 2 heteroatoms. The summed E-state index contributed by atoms with van der Waals surface area (Å²) in [4.78, 5) is 11.9. The van der Waals surface area contributed by atoms with Crippen molar-refractivity contribution in [2.45, 2.75) is 39.7 Å². The fraction of sp³-hybridized carbons (Fsp3) is 0.700.